The van der Waals surface area contributed by atoms with E-state index in [2.05, 4.69) is 20.8 Å². The Morgan fingerprint density at radius 1 is 1.22 bits per heavy atom. The first-order valence-electron chi connectivity index (χ1n) is 8.19. The monoisotopic (exact) mass is 422 g/mol. The molecule has 1 amide bonds. The summed E-state index contributed by atoms with van der Waals surface area (Å²) in [5.41, 5.74) is 0. The molecule has 0 aliphatic carbocycles. The van der Waals surface area contributed by atoms with Crippen molar-refractivity contribution < 1.29 is 14.0 Å². The highest BCUT2D eigenvalue weighted by Gasteiger charge is 2.12. The molecule has 0 saturated carbocycles. The number of Topliss-reactive ketones (excluding diaryl/α,β-unsaturated/α-hetero) is 1. The van der Waals surface area contributed by atoms with Gasteiger partial charge in [0.15, 0.2) is 10.1 Å². The van der Waals surface area contributed by atoms with Gasteiger partial charge in [0.05, 0.1) is 23.4 Å². The normalized spacial score (nSPS) is 10.7. The molecule has 7 nitrogen and oxygen atoms in total. The van der Waals surface area contributed by atoms with Crippen LogP contribution in [-0.2, 0) is 17.8 Å². The summed E-state index contributed by atoms with van der Waals surface area (Å²) in [5.74, 6) is 1.16. The maximum atomic E-state index is 12.3. The third kappa shape index (κ3) is 6.19. The zero-order valence-corrected chi connectivity index (χ0v) is 17.0. The first-order chi connectivity index (χ1) is 13.1. The van der Waals surface area contributed by atoms with Crippen LogP contribution in [0.25, 0.3) is 0 Å². The number of furan rings is 1. The minimum Gasteiger partial charge on any atom is -0.467 e. The fourth-order valence-electron chi connectivity index (χ4n) is 2.14. The number of aromatic nitrogens is 2. The summed E-state index contributed by atoms with van der Waals surface area (Å²) >= 11 is 4.26. The molecule has 3 aromatic heterocycles. The van der Waals surface area contributed by atoms with Crippen LogP contribution in [0.4, 0.5) is 5.13 Å². The number of hydrogen-bond donors (Lipinski definition) is 2. The molecule has 2 N–H and O–H groups in total. The number of rotatable bonds is 10. The molecular formula is C17H18N4O3S3. The topological polar surface area (TPSA) is 97.1 Å². The van der Waals surface area contributed by atoms with Crippen LogP contribution in [0, 0.1) is 0 Å². The Labute approximate surface area is 168 Å². The quantitative estimate of drug-likeness (QED) is 0.381. The van der Waals surface area contributed by atoms with Crippen LogP contribution in [0.3, 0.4) is 0 Å². The zero-order valence-electron chi connectivity index (χ0n) is 14.6. The molecule has 0 unspecified atom stereocenters. The van der Waals surface area contributed by atoms with Crippen molar-refractivity contribution in [3.8, 4) is 0 Å². The van der Waals surface area contributed by atoms with Gasteiger partial charge in [-0.1, -0.05) is 23.1 Å². The molecule has 0 spiro atoms. The van der Waals surface area contributed by atoms with Crippen LogP contribution < -0.4 is 10.6 Å². The van der Waals surface area contributed by atoms with E-state index < -0.39 is 0 Å². The van der Waals surface area contributed by atoms with Crippen molar-refractivity contribution in [3.05, 3.63) is 46.0 Å². The summed E-state index contributed by atoms with van der Waals surface area (Å²) in [6.45, 7) is 2.62. The molecule has 27 heavy (non-hydrogen) atoms. The molecule has 3 aromatic rings. The summed E-state index contributed by atoms with van der Waals surface area (Å²) in [5, 5.41) is 14.8. The molecule has 0 bridgehead atoms. The van der Waals surface area contributed by atoms with Crippen molar-refractivity contribution in [3.63, 3.8) is 0 Å². The molecule has 0 aliphatic heterocycles. The minimum atomic E-state index is -0.0469. The average Bonchev–Trinajstić information content (AvgIpc) is 3.39. The van der Waals surface area contributed by atoms with Crippen LogP contribution in [-0.4, -0.2) is 34.2 Å². The second-order valence-electron chi connectivity index (χ2n) is 5.52. The summed E-state index contributed by atoms with van der Waals surface area (Å²) in [6, 6.07) is 7.49. The number of nitrogens with one attached hydrogen (secondary N) is 2. The molecule has 3 rings (SSSR count). The summed E-state index contributed by atoms with van der Waals surface area (Å²) < 4.78 is 6.00. The lowest BCUT2D eigenvalue weighted by molar-refractivity contribution is -0.118. The molecule has 0 atom stereocenters. The fraction of sp³-hybridized carbons (Fsp3) is 0.294. The van der Waals surface area contributed by atoms with Gasteiger partial charge in [0.25, 0.3) is 0 Å². The van der Waals surface area contributed by atoms with E-state index in [-0.39, 0.29) is 11.7 Å². The number of carbonyl (C=O) groups is 2. The summed E-state index contributed by atoms with van der Waals surface area (Å²) in [4.78, 5) is 25.0. The predicted octanol–water partition coefficient (Wildman–Crippen LogP) is 3.46. The van der Waals surface area contributed by atoms with Gasteiger partial charge in [-0.2, -0.15) is 0 Å². The van der Waals surface area contributed by atoms with Crippen LogP contribution in [0.1, 0.15) is 27.2 Å². The van der Waals surface area contributed by atoms with Gasteiger partial charge in [-0.3, -0.25) is 9.59 Å². The third-order valence-electron chi connectivity index (χ3n) is 3.41. The number of nitrogens with zero attached hydrogens (tertiary/aromatic N) is 2. The smallest absolute Gasteiger partial charge is 0.216 e. The van der Waals surface area contributed by atoms with Crippen LogP contribution >= 0.6 is 34.4 Å². The number of hydrogen-bond acceptors (Lipinski definition) is 9. The van der Waals surface area contributed by atoms with Gasteiger partial charge < -0.3 is 15.1 Å². The van der Waals surface area contributed by atoms with Gasteiger partial charge in [-0.15, -0.1) is 21.5 Å². The van der Waals surface area contributed by atoms with E-state index in [0.717, 1.165) is 26.3 Å². The molecule has 0 radical (unpaired) electrons. The first kappa shape index (κ1) is 19.6. The standard InChI is InChI=1S/C17H18N4O3S3/c1-11(22)18-7-6-13-4-5-15(26-13)14(23)10-25-17-21-20-16(27-17)19-9-12-3-2-8-24-12/h2-5,8H,6-7,9-10H2,1H3,(H,18,22)(H,19,20). The van der Waals surface area contributed by atoms with E-state index in [9.17, 15) is 9.59 Å². The van der Waals surface area contributed by atoms with E-state index in [1.54, 1.807) is 6.26 Å². The van der Waals surface area contributed by atoms with Crippen molar-refractivity contribution in [1.82, 2.24) is 15.5 Å². The number of anilines is 1. The van der Waals surface area contributed by atoms with E-state index in [1.165, 1.54) is 41.4 Å². The first-order valence-corrected chi connectivity index (χ1v) is 10.8. The molecule has 0 aliphatic rings. The van der Waals surface area contributed by atoms with E-state index >= 15 is 0 Å². The Kier molecular flexibility index (Phi) is 7.02. The Morgan fingerprint density at radius 2 is 2.11 bits per heavy atom. The maximum absolute atomic E-state index is 12.3. The van der Waals surface area contributed by atoms with Crippen molar-refractivity contribution in [2.75, 3.05) is 17.6 Å². The van der Waals surface area contributed by atoms with Crippen LogP contribution in [0.2, 0.25) is 0 Å². The summed E-state index contributed by atoms with van der Waals surface area (Å²) in [7, 11) is 0. The number of thioether (sulfide) groups is 1. The van der Waals surface area contributed by atoms with Gasteiger partial charge >= 0.3 is 0 Å². The van der Waals surface area contributed by atoms with Crippen molar-refractivity contribution in [2.24, 2.45) is 0 Å². The SMILES string of the molecule is CC(=O)NCCc1ccc(C(=O)CSc2nnc(NCc3ccco3)s2)s1. The predicted molar refractivity (Wildman–Crippen MR) is 108 cm³/mol. The van der Waals surface area contributed by atoms with Crippen molar-refractivity contribution >= 4 is 51.3 Å². The second-order valence-corrected chi connectivity index (χ2v) is 8.89. The highest BCUT2D eigenvalue weighted by molar-refractivity contribution is 8.01. The Hall–Kier alpha value is -2.17. The largest absolute Gasteiger partial charge is 0.467 e. The molecule has 0 aromatic carbocycles. The van der Waals surface area contributed by atoms with Crippen molar-refractivity contribution in [2.45, 2.75) is 24.2 Å². The van der Waals surface area contributed by atoms with E-state index in [4.69, 9.17) is 4.42 Å². The molecule has 142 valence electrons. The fourth-order valence-corrected chi connectivity index (χ4v) is 4.80. The minimum absolute atomic E-state index is 0.0469. The van der Waals surface area contributed by atoms with Crippen LogP contribution in [0.15, 0.2) is 39.3 Å². The highest BCUT2D eigenvalue weighted by atomic mass is 32.2. The van der Waals surface area contributed by atoms with E-state index in [0.29, 0.717) is 24.0 Å². The molecular weight excluding hydrogens is 404 g/mol. The van der Waals surface area contributed by atoms with Crippen LogP contribution in [0.5, 0.6) is 0 Å². The summed E-state index contributed by atoms with van der Waals surface area (Å²) in [6.07, 6.45) is 2.35. The lowest BCUT2D eigenvalue weighted by atomic mass is 10.3. The van der Waals surface area contributed by atoms with Gasteiger partial charge in [-0.05, 0) is 30.7 Å². The van der Waals surface area contributed by atoms with Crippen molar-refractivity contribution in [1.29, 1.82) is 0 Å². The third-order valence-corrected chi connectivity index (χ3v) is 6.61. The maximum Gasteiger partial charge on any atom is 0.216 e. The molecule has 0 fully saturated rings. The Balaban J connectivity index is 1.43. The van der Waals surface area contributed by atoms with Gasteiger partial charge in [-0.25, -0.2) is 0 Å². The highest BCUT2D eigenvalue weighted by Crippen LogP contribution is 2.27. The lowest BCUT2D eigenvalue weighted by Crippen LogP contribution is -2.22. The molecule has 10 heteroatoms. The number of carbonyl (C=O) groups excluding carboxylic acids is 2. The molecule has 0 saturated heterocycles. The lowest BCUT2D eigenvalue weighted by Gasteiger charge is -1.99. The molecule has 3 heterocycles. The Morgan fingerprint density at radius 3 is 2.89 bits per heavy atom. The zero-order chi connectivity index (χ0) is 19.1. The van der Waals surface area contributed by atoms with Gasteiger partial charge in [0, 0.05) is 18.3 Å². The average molecular weight is 423 g/mol. The van der Waals surface area contributed by atoms with E-state index in [1.807, 2.05) is 24.3 Å². The van der Waals surface area contributed by atoms with Gasteiger partial charge in [0.2, 0.25) is 11.0 Å². The van der Waals surface area contributed by atoms with Gasteiger partial charge in [0.1, 0.15) is 5.76 Å². The number of thiophene rings is 1. The number of ketones is 1. The second kappa shape index (κ2) is 9.67. The Bertz CT molecular complexity index is 889. The number of amides is 1.